The Labute approximate surface area is 134 Å². The molecule has 0 spiro atoms. The van der Waals surface area contributed by atoms with Crippen LogP contribution < -0.4 is 10.6 Å². The number of nitrogens with one attached hydrogen (secondary N) is 2. The minimum Gasteiger partial charge on any atom is -0.334 e. The van der Waals surface area contributed by atoms with Gasteiger partial charge in [-0.1, -0.05) is 35.9 Å². The fourth-order valence-electron chi connectivity index (χ4n) is 2.47. The first-order valence-corrected chi connectivity index (χ1v) is 7.53. The number of aryl methyl sites for hydroxylation is 1. The number of hydrogen-bond acceptors (Lipinski definition) is 3. The van der Waals surface area contributed by atoms with Crippen molar-refractivity contribution in [3.05, 3.63) is 65.6 Å². The lowest BCUT2D eigenvalue weighted by Gasteiger charge is -2.13. The van der Waals surface area contributed by atoms with Crippen LogP contribution in [0.5, 0.6) is 0 Å². The fourth-order valence-corrected chi connectivity index (χ4v) is 2.47. The molecule has 0 bridgehead atoms. The van der Waals surface area contributed by atoms with Gasteiger partial charge in [0, 0.05) is 12.7 Å². The largest absolute Gasteiger partial charge is 0.334 e. The third-order valence-corrected chi connectivity index (χ3v) is 3.61. The Kier molecular flexibility index (Phi) is 4.23. The van der Waals surface area contributed by atoms with E-state index >= 15 is 0 Å². The van der Waals surface area contributed by atoms with E-state index in [0.29, 0.717) is 12.4 Å². The minimum atomic E-state index is -0.245. The van der Waals surface area contributed by atoms with Crippen molar-refractivity contribution < 1.29 is 4.79 Å². The lowest BCUT2D eigenvalue weighted by molar-refractivity contribution is 0.237. The van der Waals surface area contributed by atoms with Crippen LogP contribution in [0.15, 0.2) is 48.7 Å². The van der Waals surface area contributed by atoms with Crippen LogP contribution in [0.1, 0.15) is 29.9 Å². The summed E-state index contributed by atoms with van der Waals surface area (Å²) in [7, 11) is 0. The van der Waals surface area contributed by atoms with Gasteiger partial charge in [0.25, 0.3) is 0 Å². The highest BCUT2D eigenvalue weighted by Crippen LogP contribution is 2.11. The summed E-state index contributed by atoms with van der Waals surface area (Å²) in [6.45, 7) is 4.40. The zero-order valence-electron chi connectivity index (χ0n) is 13.2. The fraction of sp³-hybridized carbons (Fsp3) is 0.235. The summed E-state index contributed by atoms with van der Waals surface area (Å²) in [5, 5.41) is 14.0. The number of rotatable bonds is 4. The number of benzene rings is 1. The Bertz CT molecular complexity index is 826. The van der Waals surface area contributed by atoms with Crippen molar-refractivity contribution in [2.24, 2.45) is 0 Å². The maximum atomic E-state index is 12.1. The number of nitrogens with zero attached hydrogens (tertiary/aromatic N) is 3. The molecule has 0 aliphatic carbocycles. The molecule has 2 heterocycles. The van der Waals surface area contributed by atoms with E-state index in [2.05, 4.69) is 26.9 Å². The summed E-state index contributed by atoms with van der Waals surface area (Å²) >= 11 is 0. The van der Waals surface area contributed by atoms with Gasteiger partial charge in [-0.25, -0.2) is 4.79 Å². The molecule has 2 N–H and O–H groups in total. The molecule has 1 atom stereocenters. The molecular weight excluding hydrogens is 290 g/mol. The van der Waals surface area contributed by atoms with Gasteiger partial charge in [-0.15, -0.1) is 10.2 Å². The van der Waals surface area contributed by atoms with E-state index in [1.165, 1.54) is 5.56 Å². The van der Waals surface area contributed by atoms with Gasteiger partial charge >= 0.3 is 6.03 Å². The highest BCUT2D eigenvalue weighted by atomic mass is 16.2. The Hall–Kier alpha value is -2.89. The number of carbonyl (C=O) groups excluding carboxylic acids is 1. The molecule has 0 radical (unpaired) electrons. The molecule has 2 amide bonds. The van der Waals surface area contributed by atoms with E-state index < -0.39 is 0 Å². The van der Waals surface area contributed by atoms with E-state index in [9.17, 15) is 4.79 Å². The lowest BCUT2D eigenvalue weighted by Crippen LogP contribution is -2.37. The molecule has 0 fully saturated rings. The average molecular weight is 309 g/mol. The van der Waals surface area contributed by atoms with E-state index in [4.69, 9.17) is 0 Å². The molecule has 0 saturated carbocycles. The van der Waals surface area contributed by atoms with Crippen LogP contribution in [0.25, 0.3) is 5.65 Å². The molecule has 3 aromatic rings. The SMILES string of the molecule is Cc1cccc(CNC(=O)NC(C)c2nnc3ccccn23)c1. The van der Waals surface area contributed by atoms with Crippen molar-refractivity contribution in [1.82, 2.24) is 25.2 Å². The van der Waals surface area contributed by atoms with Crippen molar-refractivity contribution in [3.8, 4) is 0 Å². The Morgan fingerprint density at radius 3 is 2.91 bits per heavy atom. The number of hydrogen-bond donors (Lipinski definition) is 2. The van der Waals surface area contributed by atoms with Gasteiger partial charge in [0.1, 0.15) is 0 Å². The molecule has 0 aliphatic heterocycles. The standard InChI is InChI=1S/C17H19N5O/c1-12-6-5-7-14(10-12)11-18-17(23)19-13(2)16-21-20-15-8-3-4-9-22(15)16/h3-10,13H,11H2,1-2H3,(H2,18,19,23). The minimum absolute atomic E-state index is 0.230. The van der Waals surface area contributed by atoms with Gasteiger partial charge in [-0.2, -0.15) is 0 Å². The monoisotopic (exact) mass is 309 g/mol. The molecular formula is C17H19N5O. The molecule has 1 aromatic carbocycles. The average Bonchev–Trinajstić information content (AvgIpc) is 2.97. The van der Waals surface area contributed by atoms with Crippen molar-refractivity contribution >= 4 is 11.7 Å². The van der Waals surface area contributed by atoms with Crippen LogP contribution in [0.4, 0.5) is 4.79 Å². The number of urea groups is 1. The van der Waals surface area contributed by atoms with E-state index in [1.807, 2.05) is 60.8 Å². The number of carbonyl (C=O) groups is 1. The van der Waals surface area contributed by atoms with Crippen LogP contribution in [0.2, 0.25) is 0 Å². The van der Waals surface area contributed by atoms with E-state index in [1.54, 1.807) is 0 Å². The van der Waals surface area contributed by atoms with E-state index in [0.717, 1.165) is 11.2 Å². The molecule has 0 aliphatic rings. The van der Waals surface area contributed by atoms with Crippen molar-refractivity contribution in [1.29, 1.82) is 0 Å². The second kappa shape index (κ2) is 6.48. The zero-order chi connectivity index (χ0) is 16.2. The number of aromatic nitrogens is 3. The summed E-state index contributed by atoms with van der Waals surface area (Å²) < 4.78 is 1.87. The van der Waals surface area contributed by atoms with Gasteiger partial charge in [-0.3, -0.25) is 4.40 Å². The topological polar surface area (TPSA) is 71.3 Å². The number of amides is 2. The summed E-state index contributed by atoms with van der Waals surface area (Å²) in [5.74, 6) is 0.700. The van der Waals surface area contributed by atoms with Crippen LogP contribution in [-0.4, -0.2) is 20.6 Å². The van der Waals surface area contributed by atoms with E-state index in [-0.39, 0.29) is 12.1 Å². The van der Waals surface area contributed by atoms with Gasteiger partial charge in [0.15, 0.2) is 11.5 Å². The maximum absolute atomic E-state index is 12.1. The van der Waals surface area contributed by atoms with Gasteiger partial charge in [0.05, 0.1) is 6.04 Å². The Morgan fingerprint density at radius 1 is 1.22 bits per heavy atom. The number of pyridine rings is 1. The van der Waals surface area contributed by atoms with Crippen LogP contribution >= 0.6 is 0 Å². The highest BCUT2D eigenvalue weighted by Gasteiger charge is 2.15. The third-order valence-electron chi connectivity index (χ3n) is 3.61. The summed E-state index contributed by atoms with van der Waals surface area (Å²) in [4.78, 5) is 12.1. The number of fused-ring (bicyclic) bond motifs is 1. The predicted octanol–water partition coefficient (Wildman–Crippen LogP) is 2.60. The third kappa shape index (κ3) is 3.48. The molecule has 6 heteroatoms. The quantitative estimate of drug-likeness (QED) is 0.778. The molecule has 2 aromatic heterocycles. The first-order valence-electron chi connectivity index (χ1n) is 7.53. The van der Waals surface area contributed by atoms with Gasteiger partial charge < -0.3 is 10.6 Å². The molecule has 118 valence electrons. The first kappa shape index (κ1) is 15.0. The smallest absolute Gasteiger partial charge is 0.315 e. The Balaban J connectivity index is 1.61. The molecule has 3 rings (SSSR count). The normalized spacial score (nSPS) is 12.1. The summed E-state index contributed by atoms with van der Waals surface area (Å²) in [5.41, 5.74) is 3.00. The summed E-state index contributed by atoms with van der Waals surface area (Å²) in [6.07, 6.45) is 1.88. The molecule has 23 heavy (non-hydrogen) atoms. The second-order valence-corrected chi connectivity index (χ2v) is 5.52. The molecule has 0 saturated heterocycles. The highest BCUT2D eigenvalue weighted by molar-refractivity contribution is 5.74. The summed E-state index contributed by atoms with van der Waals surface area (Å²) in [6, 6.07) is 13.3. The maximum Gasteiger partial charge on any atom is 0.315 e. The molecule has 6 nitrogen and oxygen atoms in total. The van der Waals surface area contributed by atoms with Crippen molar-refractivity contribution in [2.75, 3.05) is 0 Å². The Morgan fingerprint density at radius 2 is 2.09 bits per heavy atom. The first-order chi connectivity index (χ1) is 11.1. The predicted molar refractivity (Wildman–Crippen MR) is 88.0 cm³/mol. The van der Waals surface area contributed by atoms with Crippen molar-refractivity contribution in [2.45, 2.75) is 26.4 Å². The van der Waals surface area contributed by atoms with Crippen LogP contribution in [-0.2, 0) is 6.54 Å². The lowest BCUT2D eigenvalue weighted by atomic mass is 10.1. The van der Waals surface area contributed by atoms with Gasteiger partial charge in [0.2, 0.25) is 0 Å². The zero-order valence-corrected chi connectivity index (χ0v) is 13.2. The second-order valence-electron chi connectivity index (χ2n) is 5.52. The molecule has 1 unspecified atom stereocenters. The van der Waals surface area contributed by atoms with Crippen LogP contribution in [0.3, 0.4) is 0 Å². The van der Waals surface area contributed by atoms with Crippen LogP contribution in [0, 0.1) is 6.92 Å². The van der Waals surface area contributed by atoms with Gasteiger partial charge in [-0.05, 0) is 31.5 Å². The van der Waals surface area contributed by atoms with Crippen molar-refractivity contribution in [3.63, 3.8) is 0 Å².